The van der Waals surface area contributed by atoms with E-state index < -0.39 is 5.97 Å². The molecule has 22 heavy (non-hydrogen) atoms. The molecule has 128 valence electrons. The summed E-state index contributed by atoms with van der Waals surface area (Å²) in [5, 5.41) is 8.60. The number of thioether (sulfide) groups is 1. The van der Waals surface area contributed by atoms with Crippen LogP contribution in [-0.2, 0) is 10.5 Å². The number of carboxylic acids is 1. The van der Waals surface area contributed by atoms with Gasteiger partial charge in [-0.3, -0.25) is 4.79 Å². The average molecular weight is 369 g/mol. The van der Waals surface area contributed by atoms with Crippen molar-refractivity contribution < 1.29 is 9.90 Å². The Bertz CT molecular complexity index is 479. The van der Waals surface area contributed by atoms with Gasteiger partial charge in [0.2, 0.25) is 0 Å². The van der Waals surface area contributed by atoms with Gasteiger partial charge in [-0.15, -0.1) is 24.8 Å². The van der Waals surface area contributed by atoms with Crippen molar-refractivity contribution >= 4 is 53.9 Å². The van der Waals surface area contributed by atoms with Gasteiger partial charge in [-0.1, -0.05) is 6.07 Å². The van der Waals surface area contributed by atoms with E-state index in [0.717, 1.165) is 22.7 Å². The molecule has 0 spiro atoms. The maximum absolute atomic E-state index is 10.4. The Kier molecular flexibility index (Phi) is 10.8. The largest absolute Gasteiger partial charge is 0.481 e. The Balaban J connectivity index is 0. The van der Waals surface area contributed by atoms with Crippen molar-refractivity contribution in [1.29, 1.82) is 0 Å². The zero-order chi connectivity index (χ0) is 15.3. The molecule has 1 rings (SSSR count). The van der Waals surface area contributed by atoms with Gasteiger partial charge in [0, 0.05) is 35.5 Å². The second-order valence-corrected chi connectivity index (χ2v) is 6.91. The van der Waals surface area contributed by atoms with E-state index in [2.05, 4.69) is 38.8 Å². The second kappa shape index (κ2) is 10.1. The van der Waals surface area contributed by atoms with E-state index in [4.69, 9.17) is 10.8 Å². The van der Waals surface area contributed by atoms with Gasteiger partial charge in [0.1, 0.15) is 0 Å². The number of carbonyl (C=O) groups is 1. The molecule has 0 bridgehead atoms. The fraction of sp³-hybridized carbons (Fsp3) is 0.533. The Morgan fingerprint density at radius 1 is 1.32 bits per heavy atom. The SMILES string of the molecule is CN(c1ccc(CSCCC(=O)O)c(N)c1)C(C)(C)C.Cl.Cl. The monoisotopic (exact) mass is 368 g/mol. The molecule has 0 aromatic heterocycles. The molecule has 0 heterocycles. The van der Waals surface area contributed by atoms with Crippen LogP contribution in [0.15, 0.2) is 18.2 Å². The van der Waals surface area contributed by atoms with E-state index in [0.29, 0.717) is 5.75 Å². The minimum atomic E-state index is -0.757. The van der Waals surface area contributed by atoms with Crippen LogP contribution in [0.25, 0.3) is 0 Å². The molecular formula is C15H26Cl2N2O2S. The van der Waals surface area contributed by atoms with E-state index >= 15 is 0 Å². The third-order valence-electron chi connectivity index (χ3n) is 3.24. The van der Waals surface area contributed by atoms with Crippen LogP contribution in [0.5, 0.6) is 0 Å². The van der Waals surface area contributed by atoms with Gasteiger partial charge in [-0.2, -0.15) is 11.8 Å². The number of anilines is 2. The zero-order valence-electron chi connectivity index (χ0n) is 13.5. The van der Waals surface area contributed by atoms with E-state index in [9.17, 15) is 4.79 Å². The minimum Gasteiger partial charge on any atom is -0.481 e. The molecule has 1 aromatic rings. The van der Waals surface area contributed by atoms with Crippen molar-refractivity contribution in [2.45, 2.75) is 38.5 Å². The number of rotatable bonds is 6. The fourth-order valence-corrected chi connectivity index (χ4v) is 2.60. The topological polar surface area (TPSA) is 66.6 Å². The highest BCUT2D eigenvalue weighted by atomic mass is 35.5. The first-order valence-electron chi connectivity index (χ1n) is 6.63. The van der Waals surface area contributed by atoms with Gasteiger partial charge in [0.25, 0.3) is 0 Å². The van der Waals surface area contributed by atoms with Crippen LogP contribution in [-0.4, -0.2) is 29.4 Å². The summed E-state index contributed by atoms with van der Waals surface area (Å²) in [5.41, 5.74) is 9.05. The van der Waals surface area contributed by atoms with E-state index in [1.165, 1.54) is 0 Å². The molecule has 0 aliphatic carbocycles. The number of benzene rings is 1. The summed E-state index contributed by atoms with van der Waals surface area (Å²) in [6.07, 6.45) is 0.190. The van der Waals surface area contributed by atoms with Gasteiger partial charge in [-0.05, 0) is 38.5 Å². The van der Waals surface area contributed by atoms with Gasteiger partial charge in [-0.25, -0.2) is 0 Å². The summed E-state index contributed by atoms with van der Waals surface area (Å²) in [4.78, 5) is 12.6. The molecule has 0 aliphatic heterocycles. The van der Waals surface area contributed by atoms with Crippen LogP contribution in [0, 0.1) is 0 Å². The molecule has 0 saturated carbocycles. The standard InChI is InChI=1S/C15H24N2O2S.2ClH/c1-15(2,3)17(4)12-6-5-11(13(16)9-12)10-20-8-7-14(18)19;;/h5-6,9H,7-8,10,16H2,1-4H3,(H,18,19);2*1H. The number of hydrogen-bond acceptors (Lipinski definition) is 4. The van der Waals surface area contributed by atoms with Gasteiger partial charge >= 0.3 is 5.97 Å². The van der Waals surface area contributed by atoms with E-state index in [1.807, 2.05) is 12.1 Å². The van der Waals surface area contributed by atoms with Crippen LogP contribution < -0.4 is 10.6 Å². The molecule has 0 saturated heterocycles. The van der Waals surface area contributed by atoms with E-state index in [-0.39, 0.29) is 36.8 Å². The lowest BCUT2D eigenvalue weighted by Gasteiger charge is -2.34. The van der Waals surface area contributed by atoms with Gasteiger partial charge in [0.05, 0.1) is 6.42 Å². The van der Waals surface area contributed by atoms with Crippen molar-refractivity contribution in [2.24, 2.45) is 0 Å². The number of aliphatic carboxylic acids is 1. The fourth-order valence-electron chi connectivity index (χ4n) is 1.65. The molecule has 7 heteroatoms. The lowest BCUT2D eigenvalue weighted by Crippen LogP contribution is -2.38. The molecule has 1 aromatic carbocycles. The molecule has 4 nitrogen and oxygen atoms in total. The smallest absolute Gasteiger partial charge is 0.304 e. The lowest BCUT2D eigenvalue weighted by atomic mass is 10.0. The van der Waals surface area contributed by atoms with Crippen LogP contribution in [0.1, 0.15) is 32.8 Å². The highest BCUT2D eigenvalue weighted by molar-refractivity contribution is 7.98. The summed E-state index contributed by atoms with van der Waals surface area (Å²) >= 11 is 1.59. The highest BCUT2D eigenvalue weighted by Gasteiger charge is 2.17. The summed E-state index contributed by atoms with van der Waals surface area (Å²) < 4.78 is 0. The molecule has 0 unspecified atom stereocenters. The third kappa shape index (κ3) is 7.47. The number of halogens is 2. The summed E-state index contributed by atoms with van der Waals surface area (Å²) in [5.74, 6) is 0.601. The number of carboxylic acid groups (broad SMARTS) is 1. The summed E-state index contributed by atoms with van der Waals surface area (Å²) in [6, 6.07) is 6.08. The van der Waals surface area contributed by atoms with Crippen LogP contribution in [0.4, 0.5) is 11.4 Å². The van der Waals surface area contributed by atoms with Crippen molar-refractivity contribution in [3.63, 3.8) is 0 Å². The van der Waals surface area contributed by atoms with Crippen LogP contribution in [0.2, 0.25) is 0 Å². The Morgan fingerprint density at radius 3 is 2.36 bits per heavy atom. The number of nitrogen functional groups attached to an aromatic ring is 1. The maximum Gasteiger partial charge on any atom is 0.304 e. The van der Waals surface area contributed by atoms with Crippen molar-refractivity contribution in [3.8, 4) is 0 Å². The predicted molar refractivity (Wildman–Crippen MR) is 102 cm³/mol. The Hall–Kier alpha value is -0.780. The lowest BCUT2D eigenvalue weighted by molar-refractivity contribution is -0.136. The highest BCUT2D eigenvalue weighted by Crippen LogP contribution is 2.27. The Morgan fingerprint density at radius 2 is 1.91 bits per heavy atom. The molecule has 0 atom stereocenters. The van der Waals surface area contributed by atoms with Gasteiger partial charge < -0.3 is 15.7 Å². The van der Waals surface area contributed by atoms with Crippen LogP contribution >= 0.6 is 36.6 Å². The first-order valence-corrected chi connectivity index (χ1v) is 7.79. The number of hydrogen-bond donors (Lipinski definition) is 2. The molecule has 0 aliphatic rings. The third-order valence-corrected chi connectivity index (χ3v) is 4.25. The molecule has 0 radical (unpaired) electrons. The second-order valence-electron chi connectivity index (χ2n) is 5.81. The molecule has 3 N–H and O–H groups in total. The zero-order valence-corrected chi connectivity index (χ0v) is 15.9. The maximum atomic E-state index is 10.4. The first kappa shape index (κ1) is 23.5. The average Bonchev–Trinajstić information content (AvgIpc) is 2.33. The van der Waals surface area contributed by atoms with Crippen LogP contribution in [0.3, 0.4) is 0 Å². The number of nitrogens with two attached hydrogens (primary N) is 1. The summed E-state index contributed by atoms with van der Waals surface area (Å²) in [7, 11) is 2.05. The van der Waals surface area contributed by atoms with Crippen molar-refractivity contribution in [3.05, 3.63) is 23.8 Å². The van der Waals surface area contributed by atoms with Gasteiger partial charge in [0.15, 0.2) is 0 Å². The molecule has 0 amide bonds. The normalized spacial score (nSPS) is 10.4. The molecular weight excluding hydrogens is 343 g/mol. The van der Waals surface area contributed by atoms with Crippen molar-refractivity contribution in [1.82, 2.24) is 0 Å². The van der Waals surface area contributed by atoms with Crippen molar-refractivity contribution in [2.75, 3.05) is 23.4 Å². The molecule has 0 fully saturated rings. The minimum absolute atomic E-state index is 0. The quantitative estimate of drug-likeness (QED) is 0.585. The van der Waals surface area contributed by atoms with E-state index in [1.54, 1.807) is 11.8 Å². The first-order chi connectivity index (χ1) is 9.21. The predicted octanol–water partition coefficient (Wildman–Crippen LogP) is 4.06. The summed E-state index contributed by atoms with van der Waals surface area (Å²) in [6.45, 7) is 6.45. The number of nitrogens with zero attached hydrogens (tertiary/aromatic N) is 1. The Labute approximate surface area is 149 Å².